The number of anilines is 2. The summed E-state index contributed by atoms with van der Waals surface area (Å²) in [5.74, 6) is -0.275. The van der Waals surface area contributed by atoms with Crippen LogP contribution < -0.4 is 16.0 Å². The first-order valence-corrected chi connectivity index (χ1v) is 9.59. The second kappa shape index (κ2) is 10.6. The Bertz CT molecular complexity index is 814. The van der Waals surface area contributed by atoms with Gasteiger partial charge in [0.15, 0.2) is 0 Å². The molecule has 0 atom stereocenters. The highest BCUT2D eigenvalue weighted by atomic mass is 16.6. The van der Waals surface area contributed by atoms with Crippen LogP contribution in [0.3, 0.4) is 0 Å². The predicted molar refractivity (Wildman–Crippen MR) is 114 cm³/mol. The molecule has 0 aliphatic heterocycles. The van der Waals surface area contributed by atoms with Crippen LogP contribution in [-0.4, -0.2) is 35.9 Å². The highest BCUT2D eigenvalue weighted by Crippen LogP contribution is 2.23. The monoisotopic (exact) mass is 399 g/mol. The van der Waals surface area contributed by atoms with Crippen molar-refractivity contribution in [3.63, 3.8) is 0 Å². The number of nitrogens with one attached hydrogen (secondary N) is 3. The molecule has 0 radical (unpaired) electrons. The van der Waals surface area contributed by atoms with Crippen LogP contribution in [0.4, 0.5) is 16.2 Å². The number of benzene rings is 2. The molecule has 0 saturated heterocycles. The zero-order valence-electron chi connectivity index (χ0n) is 17.1. The van der Waals surface area contributed by atoms with Gasteiger partial charge in [0.05, 0.1) is 11.4 Å². The Hall–Kier alpha value is -2.90. The number of hydrogen-bond donors (Lipinski definition) is 4. The first-order chi connectivity index (χ1) is 13.8. The Morgan fingerprint density at radius 3 is 2.17 bits per heavy atom. The molecule has 0 saturated carbocycles. The van der Waals surface area contributed by atoms with E-state index in [-0.39, 0.29) is 12.5 Å². The van der Waals surface area contributed by atoms with Crippen molar-refractivity contribution in [3.8, 4) is 0 Å². The number of hydrogen-bond acceptors (Lipinski definition) is 5. The number of aliphatic hydroxyl groups is 1. The molecule has 0 aliphatic carbocycles. The topological polar surface area (TPSA) is 99.7 Å². The van der Waals surface area contributed by atoms with E-state index < -0.39 is 11.7 Å². The quantitative estimate of drug-likeness (QED) is 0.507. The van der Waals surface area contributed by atoms with Gasteiger partial charge in [0.25, 0.3) is 5.91 Å². The van der Waals surface area contributed by atoms with E-state index in [4.69, 9.17) is 9.84 Å². The molecule has 7 nitrogen and oxygen atoms in total. The number of ether oxygens (including phenoxy) is 1. The van der Waals surface area contributed by atoms with Gasteiger partial charge in [-0.25, -0.2) is 4.79 Å². The average molecular weight is 399 g/mol. The Morgan fingerprint density at radius 2 is 1.59 bits per heavy atom. The molecule has 0 bridgehead atoms. The maximum atomic E-state index is 12.6. The van der Waals surface area contributed by atoms with Gasteiger partial charge in [-0.2, -0.15) is 0 Å². The van der Waals surface area contributed by atoms with Crippen molar-refractivity contribution in [1.82, 2.24) is 5.32 Å². The normalized spacial score (nSPS) is 11.0. The molecule has 2 aromatic rings. The largest absolute Gasteiger partial charge is 0.444 e. The minimum absolute atomic E-state index is 0.163. The summed E-state index contributed by atoms with van der Waals surface area (Å²) in [5, 5.41) is 17.5. The molecule has 2 aromatic carbocycles. The van der Waals surface area contributed by atoms with E-state index in [1.165, 1.54) is 0 Å². The molecular weight excluding hydrogens is 370 g/mol. The van der Waals surface area contributed by atoms with Crippen molar-refractivity contribution >= 4 is 23.4 Å². The maximum absolute atomic E-state index is 12.6. The van der Waals surface area contributed by atoms with E-state index in [1.807, 2.05) is 12.1 Å². The second-order valence-corrected chi connectivity index (χ2v) is 7.58. The molecule has 2 amide bonds. The third kappa shape index (κ3) is 7.93. The van der Waals surface area contributed by atoms with Crippen molar-refractivity contribution in [2.24, 2.45) is 0 Å². The lowest BCUT2D eigenvalue weighted by Gasteiger charge is -2.20. The SMILES string of the molecule is CC(C)(C)OC(=O)Nc1ccccc1NC(=O)c1ccc(CNCCCO)cc1. The molecule has 0 heterocycles. The van der Waals surface area contributed by atoms with E-state index in [9.17, 15) is 9.59 Å². The van der Waals surface area contributed by atoms with Gasteiger partial charge in [0.2, 0.25) is 0 Å². The average Bonchev–Trinajstić information content (AvgIpc) is 2.66. The standard InChI is InChI=1S/C22H29N3O4/c1-22(2,3)29-21(28)25-19-8-5-4-7-18(19)24-20(27)17-11-9-16(10-12-17)15-23-13-6-14-26/h4-5,7-12,23,26H,6,13-15H2,1-3H3,(H,24,27)(H,25,28). The second-order valence-electron chi connectivity index (χ2n) is 7.58. The van der Waals surface area contributed by atoms with Crippen LogP contribution in [0.5, 0.6) is 0 Å². The smallest absolute Gasteiger partial charge is 0.412 e. The summed E-state index contributed by atoms with van der Waals surface area (Å²) in [6.07, 6.45) is 0.120. The third-order valence-electron chi connectivity index (χ3n) is 3.87. The first-order valence-electron chi connectivity index (χ1n) is 9.59. The molecule has 2 rings (SSSR count). The number of amides is 2. The summed E-state index contributed by atoms with van der Waals surface area (Å²) in [7, 11) is 0. The van der Waals surface area contributed by atoms with Crippen molar-refractivity contribution in [2.75, 3.05) is 23.8 Å². The van der Waals surface area contributed by atoms with E-state index in [0.717, 1.165) is 12.1 Å². The van der Waals surface area contributed by atoms with Crippen LogP contribution >= 0.6 is 0 Å². The van der Waals surface area contributed by atoms with Gasteiger partial charge in [0, 0.05) is 18.7 Å². The van der Waals surface area contributed by atoms with Crippen molar-refractivity contribution in [2.45, 2.75) is 39.3 Å². The van der Waals surface area contributed by atoms with Gasteiger partial charge in [-0.3, -0.25) is 10.1 Å². The van der Waals surface area contributed by atoms with Crippen LogP contribution in [0.1, 0.15) is 43.1 Å². The van der Waals surface area contributed by atoms with Crippen LogP contribution in [0.25, 0.3) is 0 Å². The lowest BCUT2D eigenvalue weighted by atomic mass is 10.1. The van der Waals surface area contributed by atoms with Gasteiger partial charge >= 0.3 is 6.09 Å². The number of para-hydroxylation sites is 2. The first kappa shape index (κ1) is 22.4. The summed E-state index contributed by atoms with van der Waals surface area (Å²) in [6.45, 7) is 6.92. The minimum atomic E-state index is -0.614. The molecule has 0 aliphatic rings. The molecule has 4 N–H and O–H groups in total. The fourth-order valence-electron chi connectivity index (χ4n) is 2.52. The van der Waals surface area contributed by atoms with E-state index in [1.54, 1.807) is 57.2 Å². The van der Waals surface area contributed by atoms with E-state index >= 15 is 0 Å². The molecule has 7 heteroatoms. The highest BCUT2D eigenvalue weighted by Gasteiger charge is 2.17. The molecular formula is C22H29N3O4. The van der Waals surface area contributed by atoms with Gasteiger partial charge in [-0.15, -0.1) is 0 Å². The van der Waals surface area contributed by atoms with Crippen LogP contribution in [0.15, 0.2) is 48.5 Å². The fourth-order valence-corrected chi connectivity index (χ4v) is 2.52. The maximum Gasteiger partial charge on any atom is 0.412 e. The van der Waals surface area contributed by atoms with Gasteiger partial charge in [0.1, 0.15) is 5.60 Å². The van der Waals surface area contributed by atoms with Gasteiger partial charge < -0.3 is 20.5 Å². The Balaban J connectivity index is 1.99. The zero-order chi connectivity index (χ0) is 21.3. The Morgan fingerprint density at radius 1 is 0.966 bits per heavy atom. The molecule has 29 heavy (non-hydrogen) atoms. The number of carbonyl (C=O) groups excluding carboxylic acids is 2. The molecule has 0 unspecified atom stereocenters. The molecule has 0 fully saturated rings. The fraction of sp³-hybridized carbons (Fsp3) is 0.364. The number of rotatable bonds is 8. The minimum Gasteiger partial charge on any atom is -0.444 e. The van der Waals surface area contributed by atoms with Crippen molar-refractivity contribution in [3.05, 3.63) is 59.7 Å². The Kier molecular flexibility index (Phi) is 8.18. The zero-order valence-corrected chi connectivity index (χ0v) is 17.1. The predicted octanol–water partition coefficient (Wildman–Crippen LogP) is 3.76. The van der Waals surface area contributed by atoms with Crippen LogP contribution in [0.2, 0.25) is 0 Å². The Labute approximate surface area is 171 Å². The highest BCUT2D eigenvalue weighted by molar-refractivity contribution is 6.06. The van der Waals surface area contributed by atoms with Crippen LogP contribution in [0, 0.1) is 0 Å². The molecule has 0 spiro atoms. The van der Waals surface area contributed by atoms with Crippen LogP contribution in [-0.2, 0) is 11.3 Å². The number of carbonyl (C=O) groups is 2. The summed E-state index contributed by atoms with van der Waals surface area (Å²) >= 11 is 0. The summed E-state index contributed by atoms with van der Waals surface area (Å²) < 4.78 is 5.26. The van der Waals surface area contributed by atoms with Gasteiger partial charge in [-0.1, -0.05) is 24.3 Å². The van der Waals surface area contributed by atoms with E-state index in [0.29, 0.717) is 29.9 Å². The summed E-state index contributed by atoms with van der Waals surface area (Å²) in [4.78, 5) is 24.6. The van der Waals surface area contributed by atoms with Crippen molar-refractivity contribution in [1.29, 1.82) is 0 Å². The third-order valence-corrected chi connectivity index (χ3v) is 3.87. The van der Waals surface area contributed by atoms with Gasteiger partial charge in [-0.05, 0) is 63.6 Å². The molecule has 156 valence electrons. The molecule has 0 aromatic heterocycles. The number of aliphatic hydroxyl groups excluding tert-OH is 1. The van der Waals surface area contributed by atoms with Crippen molar-refractivity contribution < 1.29 is 19.4 Å². The lowest BCUT2D eigenvalue weighted by Crippen LogP contribution is -2.27. The lowest BCUT2D eigenvalue weighted by molar-refractivity contribution is 0.0635. The van der Waals surface area contributed by atoms with E-state index in [2.05, 4.69) is 16.0 Å². The summed E-state index contributed by atoms with van der Waals surface area (Å²) in [5.41, 5.74) is 1.89. The summed E-state index contributed by atoms with van der Waals surface area (Å²) in [6, 6.07) is 14.2.